The minimum atomic E-state index is -0.492. The number of aromatic hydroxyl groups is 1. The van der Waals surface area contributed by atoms with Gasteiger partial charge in [-0.2, -0.15) is 19.6 Å². The fourth-order valence-corrected chi connectivity index (χ4v) is 3.28. The number of hydrogen-bond donors (Lipinski definition) is 4. The largest absolute Gasteiger partial charge is 0.493 e. The summed E-state index contributed by atoms with van der Waals surface area (Å²) in [5.74, 6) is 0.189. The second kappa shape index (κ2) is 7.38. The van der Waals surface area contributed by atoms with E-state index in [1.165, 1.54) is 5.56 Å². The molecule has 0 saturated heterocycles. The molecule has 1 atom stereocenters. The van der Waals surface area contributed by atoms with Gasteiger partial charge in [0.1, 0.15) is 5.69 Å². The van der Waals surface area contributed by atoms with Crippen LogP contribution in [0.1, 0.15) is 42.6 Å². The van der Waals surface area contributed by atoms with Crippen molar-refractivity contribution in [3.05, 3.63) is 68.6 Å². The van der Waals surface area contributed by atoms with E-state index in [0.29, 0.717) is 22.4 Å². The summed E-state index contributed by atoms with van der Waals surface area (Å²) in [4.78, 5) is 30.2. The van der Waals surface area contributed by atoms with Gasteiger partial charge in [0.15, 0.2) is 5.65 Å². The van der Waals surface area contributed by atoms with Crippen LogP contribution in [0.25, 0.3) is 11.7 Å². The number of H-pyrrole nitrogens is 2. The van der Waals surface area contributed by atoms with Crippen LogP contribution in [0.15, 0.2) is 40.2 Å². The first-order valence-corrected chi connectivity index (χ1v) is 10.1. The van der Waals surface area contributed by atoms with Gasteiger partial charge in [0.05, 0.1) is 18.3 Å². The predicted molar refractivity (Wildman–Crippen MR) is 114 cm³/mol. The summed E-state index contributed by atoms with van der Waals surface area (Å²) in [7, 11) is 0. The van der Waals surface area contributed by atoms with Crippen LogP contribution in [-0.2, 0) is 0 Å². The van der Waals surface area contributed by atoms with Crippen LogP contribution in [-0.4, -0.2) is 40.7 Å². The van der Waals surface area contributed by atoms with Gasteiger partial charge in [-0.3, -0.25) is 4.98 Å². The Balaban J connectivity index is 1.61. The number of benzene rings is 1. The number of aromatic nitrogens is 6. The molecule has 0 amide bonds. The number of aromatic amines is 2. The molecular formula is C21H22N8O2. The monoisotopic (exact) mass is 418 g/mol. The van der Waals surface area contributed by atoms with E-state index in [9.17, 15) is 9.90 Å². The summed E-state index contributed by atoms with van der Waals surface area (Å²) >= 11 is 0. The Bertz CT molecular complexity index is 1430. The van der Waals surface area contributed by atoms with Crippen molar-refractivity contribution in [1.29, 1.82) is 0 Å². The van der Waals surface area contributed by atoms with E-state index in [0.717, 1.165) is 18.4 Å². The molecule has 1 saturated carbocycles. The van der Waals surface area contributed by atoms with Crippen molar-refractivity contribution in [2.45, 2.75) is 38.8 Å². The topological polar surface area (TPSA) is 136 Å². The number of aryl methyl sites for hydroxylation is 1. The molecule has 1 fully saturated rings. The normalized spacial score (nSPS) is 16.2. The summed E-state index contributed by atoms with van der Waals surface area (Å²) in [5, 5.41) is 18.2. The SMILES string of the molecule is Cc1ccc([C@H](C)Nc2nc(=NC3CC3)n3ncc(=Cc4[nH]c(=O)[nH]c4O)c3n2)cc1. The van der Waals surface area contributed by atoms with Gasteiger partial charge in [0.25, 0.3) is 5.62 Å². The summed E-state index contributed by atoms with van der Waals surface area (Å²) < 4.78 is 1.58. The standard InChI is InChI=1S/C21H22N8O2/c1-11-3-5-13(6-4-11)12(2)23-19-26-17-14(9-16-18(30)27-21(31)25-16)10-22-29(17)20(28-19)24-15-7-8-15/h3-6,9-10,12,15,30H,7-8H2,1-2H3,(H,23,24,28)(H2,25,27,31)/t12-/m0/s1. The molecule has 10 heteroatoms. The van der Waals surface area contributed by atoms with E-state index in [1.54, 1.807) is 16.8 Å². The number of nitrogens with one attached hydrogen (secondary N) is 3. The van der Waals surface area contributed by atoms with Crippen LogP contribution in [0, 0.1) is 6.92 Å². The fraction of sp³-hybridized carbons (Fsp3) is 0.286. The Kier molecular flexibility index (Phi) is 4.54. The van der Waals surface area contributed by atoms with Crippen LogP contribution in [0.5, 0.6) is 5.88 Å². The highest BCUT2D eigenvalue weighted by Gasteiger charge is 2.21. The zero-order chi connectivity index (χ0) is 21.5. The van der Waals surface area contributed by atoms with Gasteiger partial charge in [-0.05, 0) is 38.3 Å². The second-order valence-electron chi connectivity index (χ2n) is 7.81. The highest BCUT2D eigenvalue weighted by atomic mass is 16.3. The Hall–Kier alpha value is -3.95. The minimum absolute atomic E-state index is 0.0164. The molecule has 10 nitrogen and oxygen atoms in total. The van der Waals surface area contributed by atoms with Gasteiger partial charge in [-0.15, -0.1) is 0 Å². The van der Waals surface area contributed by atoms with E-state index in [2.05, 4.69) is 66.5 Å². The average Bonchev–Trinajstić information content (AvgIpc) is 3.37. The predicted octanol–water partition coefficient (Wildman–Crippen LogP) is 0.939. The lowest BCUT2D eigenvalue weighted by molar-refractivity contribution is 0.454. The van der Waals surface area contributed by atoms with Gasteiger partial charge in [-0.25, -0.2) is 9.79 Å². The second-order valence-corrected chi connectivity index (χ2v) is 7.81. The lowest BCUT2D eigenvalue weighted by Crippen LogP contribution is -2.25. The smallest absolute Gasteiger partial charge is 0.326 e. The molecule has 0 spiro atoms. The summed E-state index contributed by atoms with van der Waals surface area (Å²) in [6.45, 7) is 4.10. The first-order chi connectivity index (χ1) is 15.0. The Morgan fingerprint density at radius 1 is 1.26 bits per heavy atom. The molecule has 158 valence electrons. The van der Waals surface area contributed by atoms with Crippen LogP contribution in [0.2, 0.25) is 0 Å². The van der Waals surface area contributed by atoms with Gasteiger partial charge in [0, 0.05) is 5.22 Å². The van der Waals surface area contributed by atoms with Crippen LogP contribution >= 0.6 is 0 Å². The molecule has 0 unspecified atom stereocenters. The Labute approximate surface area is 176 Å². The first kappa shape index (κ1) is 19.0. The molecule has 3 heterocycles. The number of hydrogen-bond acceptors (Lipinski definition) is 7. The van der Waals surface area contributed by atoms with E-state index in [4.69, 9.17) is 0 Å². The quantitative estimate of drug-likeness (QED) is 0.381. The van der Waals surface area contributed by atoms with E-state index in [1.807, 2.05) is 6.92 Å². The van der Waals surface area contributed by atoms with Gasteiger partial charge in [-0.1, -0.05) is 29.8 Å². The zero-order valence-electron chi connectivity index (χ0n) is 17.1. The van der Waals surface area contributed by atoms with Crippen molar-refractivity contribution in [3.63, 3.8) is 0 Å². The number of anilines is 1. The number of imidazole rings is 1. The molecule has 0 aliphatic heterocycles. The Morgan fingerprint density at radius 2 is 2.03 bits per heavy atom. The van der Waals surface area contributed by atoms with Crippen molar-refractivity contribution >= 4 is 17.7 Å². The zero-order valence-corrected chi connectivity index (χ0v) is 17.1. The third kappa shape index (κ3) is 3.91. The molecule has 0 radical (unpaired) electrons. The van der Waals surface area contributed by atoms with Crippen molar-refractivity contribution in [2.75, 3.05) is 5.32 Å². The fourth-order valence-electron chi connectivity index (χ4n) is 3.28. The van der Waals surface area contributed by atoms with E-state index < -0.39 is 5.69 Å². The molecule has 1 aliphatic rings. The maximum Gasteiger partial charge on any atom is 0.326 e. The highest BCUT2D eigenvalue weighted by Crippen LogP contribution is 2.22. The van der Waals surface area contributed by atoms with Crippen molar-refractivity contribution in [1.82, 2.24) is 29.5 Å². The molecule has 1 aliphatic carbocycles. The number of rotatable bonds is 5. The molecule has 1 aromatic carbocycles. The molecule has 4 N–H and O–H groups in total. The first-order valence-electron chi connectivity index (χ1n) is 10.1. The van der Waals surface area contributed by atoms with E-state index >= 15 is 0 Å². The summed E-state index contributed by atoms with van der Waals surface area (Å²) in [5.41, 5.74) is 3.07. The van der Waals surface area contributed by atoms with Crippen LogP contribution < -0.4 is 21.8 Å². The van der Waals surface area contributed by atoms with Crippen molar-refractivity contribution in [3.8, 4) is 5.88 Å². The highest BCUT2D eigenvalue weighted by molar-refractivity contribution is 5.57. The molecule has 5 rings (SSSR count). The van der Waals surface area contributed by atoms with Gasteiger partial charge in [0.2, 0.25) is 11.8 Å². The molecule has 4 aromatic rings. The maximum absolute atomic E-state index is 11.5. The Morgan fingerprint density at radius 3 is 2.71 bits per heavy atom. The minimum Gasteiger partial charge on any atom is -0.493 e. The van der Waals surface area contributed by atoms with Crippen LogP contribution in [0.4, 0.5) is 5.95 Å². The van der Waals surface area contributed by atoms with Gasteiger partial charge < -0.3 is 15.4 Å². The lowest BCUT2D eigenvalue weighted by atomic mass is 10.1. The van der Waals surface area contributed by atoms with Crippen LogP contribution in [0.3, 0.4) is 0 Å². The number of fused-ring (bicyclic) bond motifs is 1. The van der Waals surface area contributed by atoms with Crippen molar-refractivity contribution in [2.24, 2.45) is 4.99 Å². The van der Waals surface area contributed by atoms with Gasteiger partial charge >= 0.3 is 5.69 Å². The number of nitrogens with zero attached hydrogens (tertiary/aromatic N) is 5. The molecule has 0 bridgehead atoms. The summed E-state index contributed by atoms with van der Waals surface area (Å²) in [6.07, 6.45) is 5.28. The lowest BCUT2D eigenvalue weighted by Gasteiger charge is -2.14. The maximum atomic E-state index is 11.5. The molecule has 3 aromatic heterocycles. The molecular weight excluding hydrogens is 396 g/mol. The molecule has 31 heavy (non-hydrogen) atoms. The third-order valence-corrected chi connectivity index (χ3v) is 5.18. The van der Waals surface area contributed by atoms with E-state index in [-0.39, 0.29) is 23.7 Å². The summed E-state index contributed by atoms with van der Waals surface area (Å²) in [6, 6.07) is 8.52. The third-order valence-electron chi connectivity index (χ3n) is 5.18. The van der Waals surface area contributed by atoms with Crippen molar-refractivity contribution < 1.29 is 5.11 Å². The average molecular weight is 418 g/mol.